The molecule has 1 atom stereocenters. The van der Waals surface area contributed by atoms with Gasteiger partial charge in [0.05, 0.1) is 33.5 Å². The van der Waals surface area contributed by atoms with Crippen molar-refractivity contribution in [3.8, 4) is 11.5 Å². The van der Waals surface area contributed by atoms with E-state index in [0.717, 1.165) is 18.5 Å². The van der Waals surface area contributed by atoms with Crippen LogP contribution in [0.1, 0.15) is 12.0 Å². The van der Waals surface area contributed by atoms with Crippen LogP contribution < -0.4 is 9.47 Å². The minimum Gasteiger partial charge on any atom is -0.493 e. The van der Waals surface area contributed by atoms with Gasteiger partial charge in [-0.1, -0.05) is 12.1 Å². The molecule has 0 saturated carbocycles. The van der Waals surface area contributed by atoms with Gasteiger partial charge >= 0.3 is 0 Å². The molecule has 0 amide bonds. The molecule has 0 aliphatic carbocycles. The third kappa shape index (κ3) is 8.36. The lowest BCUT2D eigenvalue weighted by atomic mass is 10.1. The van der Waals surface area contributed by atoms with E-state index in [-0.39, 0.29) is 0 Å². The van der Waals surface area contributed by atoms with E-state index in [4.69, 9.17) is 18.9 Å². The van der Waals surface area contributed by atoms with Gasteiger partial charge in [0, 0.05) is 33.4 Å². The summed E-state index contributed by atoms with van der Waals surface area (Å²) >= 11 is 0. The van der Waals surface area contributed by atoms with Crippen molar-refractivity contribution in [1.82, 2.24) is 4.90 Å². The van der Waals surface area contributed by atoms with E-state index in [1.54, 1.807) is 27.4 Å². The highest BCUT2D eigenvalue weighted by molar-refractivity contribution is 5.42. The molecule has 0 aliphatic heterocycles. The summed E-state index contributed by atoms with van der Waals surface area (Å²) in [7, 11) is 4.93. The first kappa shape index (κ1) is 21.4. The Bertz CT molecular complexity index is 495. The largest absolute Gasteiger partial charge is 0.493 e. The Hall–Kier alpha value is -1.60. The Morgan fingerprint density at radius 2 is 1.96 bits per heavy atom. The highest BCUT2D eigenvalue weighted by Crippen LogP contribution is 2.28. The number of nitrogens with zero attached hydrogens (tertiary/aromatic N) is 1. The van der Waals surface area contributed by atoms with Gasteiger partial charge in [0.2, 0.25) is 0 Å². The predicted octanol–water partition coefficient (Wildman–Crippen LogP) is 2.11. The molecule has 1 rings (SSSR count). The minimum atomic E-state index is -0.553. The Kier molecular flexibility index (Phi) is 10.9. The third-order valence-corrected chi connectivity index (χ3v) is 3.69. The molecule has 1 aromatic carbocycles. The van der Waals surface area contributed by atoms with E-state index in [1.165, 1.54) is 0 Å². The van der Waals surface area contributed by atoms with E-state index in [0.29, 0.717) is 44.4 Å². The fraction of sp³-hybridized carbons (Fsp3) is 0.579. The second kappa shape index (κ2) is 12.7. The summed E-state index contributed by atoms with van der Waals surface area (Å²) in [5.74, 6) is 1.40. The molecule has 0 unspecified atom stereocenters. The highest BCUT2D eigenvalue weighted by atomic mass is 16.5. The normalized spacial score (nSPS) is 12.2. The predicted molar refractivity (Wildman–Crippen MR) is 98.3 cm³/mol. The first-order valence-electron chi connectivity index (χ1n) is 8.43. The summed E-state index contributed by atoms with van der Waals surface area (Å²) in [6.07, 6.45) is 2.01. The van der Waals surface area contributed by atoms with E-state index in [9.17, 15) is 5.11 Å². The van der Waals surface area contributed by atoms with Crippen molar-refractivity contribution in [3.05, 3.63) is 36.4 Å². The second-order valence-electron chi connectivity index (χ2n) is 5.75. The zero-order chi connectivity index (χ0) is 18.5. The zero-order valence-corrected chi connectivity index (χ0v) is 15.6. The van der Waals surface area contributed by atoms with E-state index < -0.39 is 6.10 Å². The van der Waals surface area contributed by atoms with Crippen LogP contribution in [0.2, 0.25) is 0 Å². The number of aliphatic hydroxyl groups is 1. The fourth-order valence-electron chi connectivity index (χ4n) is 2.54. The molecule has 1 aromatic rings. The molecule has 0 heterocycles. The molecule has 0 aliphatic rings. The monoisotopic (exact) mass is 353 g/mol. The molecule has 0 spiro atoms. The van der Waals surface area contributed by atoms with Crippen molar-refractivity contribution >= 4 is 0 Å². The summed E-state index contributed by atoms with van der Waals surface area (Å²) in [5.41, 5.74) is 1.09. The number of rotatable bonds is 14. The number of hydrogen-bond acceptors (Lipinski definition) is 6. The van der Waals surface area contributed by atoms with Gasteiger partial charge in [0.25, 0.3) is 0 Å². The van der Waals surface area contributed by atoms with Gasteiger partial charge in [-0.25, -0.2) is 0 Å². The molecule has 25 heavy (non-hydrogen) atoms. The standard InChI is InChI=1S/C19H31NO5/c1-5-10-25-15-17(21)14-20(9-6-11-22-2)13-16-7-8-18(23-3)19(12-16)24-4/h5,7-8,12,17,21H,1,6,9-11,13-15H2,2-4H3/t17-/m0/s1. The van der Waals surface area contributed by atoms with Crippen LogP contribution in [0.15, 0.2) is 30.9 Å². The quantitative estimate of drug-likeness (QED) is 0.408. The molecular weight excluding hydrogens is 322 g/mol. The van der Waals surface area contributed by atoms with Crippen LogP contribution in [0, 0.1) is 0 Å². The smallest absolute Gasteiger partial charge is 0.161 e. The lowest BCUT2D eigenvalue weighted by molar-refractivity contribution is 0.0229. The number of methoxy groups -OCH3 is 3. The molecule has 6 heteroatoms. The molecule has 6 nitrogen and oxygen atoms in total. The first-order chi connectivity index (χ1) is 12.1. The highest BCUT2D eigenvalue weighted by Gasteiger charge is 2.14. The molecule has 0 radical (unpaired) electrons. The zero-order valence-electron chi connectivity index (χ0n) is 15.6. The van der Waals surface area contributed by atoms with Gasteiger partial charge < -0.3 is 24.1 Å². The Balaban J connectivity index is 2.69. The van der Waals surface area contributed by atoms with Crippen molar-refractivity contribution in [2.45, 2.75) is 19.1 Å². The molecule has 0 aromatic heterocycles. The van der Waals surface area contributed by atoms with Crippen LogP contribution in [0.3, 0.4) is 0 Å². The summed E-state index contributed by atoms with van der Waals surface area (Å²) in [6.45, 7) is 7.06. The van der Waals surface area contributed by atoms with Crippen LogP contribution in [-0.4, -0.2) is 70.3 Å². The van der Waals surface area contributed by atoms with Gasteiger partial charge in [-0.3, -0.25) is 4.90 Å². The maximum atomic E-state index is 10.2. The molecule has 0 fully saturated rings. The average molecular weight is 353 g/mol. The van der Waals surface area contributed by atoms with Crippen molar-refractivity contribution < 1.29 is 24.1 Å². The topological polar surface area (TPSA) is 60.4 Å². The fourth-order valence-corrected chi connectivity index (χ4v) is 2.54. The van der Waals surface area contributed by atoms with Crippen LogP contribution >= 0.6 is 0 Å². The van der Waals surface area contributed by atoms with Gasteiger partial charge in [0.1, 0.15) is 0 Å². The van der Waals surface area contributed by atoms with E-state index in [1.807, 2.05) is 18.2 Å². The van der Waals surface area contributed by atoms with Crippen LogP contribution in [0.4, 0.5) is 0 Å². The molecular formula is C19H31NO5. The van der Waals surface area contributed by atoms with Crippen molar-refractivity contribution in [3.63, 3.8) is 0 Å². The van der Waals surface area contributed by atoms with E-state index in [2.05, 4.69) is 11.5 Å². The lowest BCUT2D eigenvalue weighted by Crippen LogP contribution is -2.35. The SMILES string of the molecule is C=CCOC[C@@H](O)CN(CCCOC)Cc1ccc(OC)c(OC)c1. The van der Waals surface area contributed by atoms with E-state index >= 15 is 0 Å². The number of hydrogen-bond donors (Lipinski definition) is 1. The number of aliphatic hydroxyl groups excluding tert-OH is 1. The Morgan fingerprint density at radius 1 is 1.20 bits per heavy atom. The lowest BCUT2D eigenvalue weighted by Gasteiger charge is -2.25. The number of benzene rings is 1. The number of ether oxygens (including phenoxy) is 4. The van der Waals surface area contributed by atoms with Crippen molar-refractivity contribution in [2.24, 2.45) is 0 Å². The first-order valence-corrected chi connectivity index (χ1v) is 8.43. The van der Waals surface area contributed by atoms with Gasteiger partial charge in [-0.2, -0.15) is 0 Å². The summed E-state index contributed by atoms with van der Waals surface area (Å²) in [6, 6.07) is 5.86. The summed E-state index contributed by atoms with van der Waals surface area (Å²) in [4.78, 5) is 2.18. The molecule has 142 valence electrons. The minimum absolute atomic E-state index is 0.290. The van der Waals surface area contributed by atoms with Crippen LogP contribution in [0.5, 0.6) is 11.5 Å². The maximum absolute atomic E-state index is 10.2. The summed E-state index contributed by atoms with van der Waals surface area (Å²) in [5, 5.41) is 10.2. The van der Waals surface area contributed by atoms with Gasteiger partial charge in [0.15, 0.2) is 11.5 Å². The van der Waals surface area contributed by atoms with Crippen LogP contribution in [-0.2, 0) is 16.0 Å². The second-order valence-corrected chi connectivity index (χ2v) is 5.75. The molecule has 1 N–H and O–H groups in total. The Labute approximate surface area is 150 Å². The van der Waals surface area contributed by atoms with Gasteiger partial charge in [-0.05, 0) is 24.1 Å². The van der Waals surface area contributed by atoms with Crippen LogP contribution in [0.25, 0.3) is 0 Å². The molecule has 0 bridgehead atoms. The van der Waals surface area contributed by atoms with Gasteiger partial charge in [-0.15, -0.1) is 6.58 Å². The van der Waals surface area contributed by atoms with Crippen molar-refractivity contribution in [1.29, 1.82) is 0 Å². The van der Waals surface area contributed by atoms with Crippen molar-refractivity contribution in [2.75, 3.05) is 54.2 Å². The maximum Gasteiger partial charge on any atom is 0.161 e. The Morgan fingerprint density at radius 3 is 2.60 bits per heavy atom. The molecule has 0 saturated heterocycles. The average Bonchev–Trinajstić information content (AvgIpc) is 2.62. The summed E-state index contributed by atoms with van der Waals surface area (Å²) < 4.78 is 21.1. The third-order valence-electron chi connectivity index (χ3n) is 3.69.